The maximum absolute atomic E-state index is 5.40. The van der Waals surface area contributed by atoms with Gasteiger partial charge in [0, 0.05) is 24.5 Å². The zero-order chi connectivity index (χ0) is 14.3. The summed E-state index contributed by atoms with van der Waals surface area (Å²) in [5, 5.41) is 2.19. The van der Waals surface area contributed by atoms with Crippen molar-refractivity contribution < 1.29 is 4.74 Å². The van der Waals surface area contributed by atoms with Gasteiger partial charge in [0.2, 0.25) is 0 Å². The highest BCUT2D eigenvalue weighted by Gasteiger charge is 2.19. The van der Waals surface area contributed by atoms with E-state index in [0.717, 1.165) is 38.8 Å². The largest absolute Gasteiger partial charge is 0.379 e. The van der Waals surface area contributed by atoms with Gasteiger partial charge in [-0.1, -0.05) is 6.07 Å². The van der Waals surface area contributed by atoms with Gasteiger partial charge < -0.3 is 4.74 Å². The Hall–Kier alpha value is -0.420. The monoisotopic (exact) mass is 308 g/mol. The molecule has 0 aromatic carbocycles. The highest BCUT2D eigenvalue weighted by molar-refractivity contribution is 7.09. The van der Waals surface area contributed by atoms with E-state index >= 15 is 0 Å². The smallest absolute Gasteiger partial charge is 0.0594 e. The van der Waals surface area contributed by atoms with Crippen LogP contribution in [0.2, 0.25) is 0 Å². The minimum atomic E-state index is 0.932. The molecule has 1 aromatic heterocycles. The van der Waals surface area contributed by atoms with Crippen LogP contribution in [0.3, 0.4) is 0 Å². The Morgan fingerprint density at radius 3 is 2.62 bits per heavy atom. The number of likely N-dealkylation sites (tertiary alicyclic amines) is 1. The van der Waals surface area contributed by atoms with E-state index in [1.807, 2.05) is 11.3 Å². The second-order valence-corrected chi connectivity index (χ2v) is 7.43. The number of thiophene rings is 1. The molecule has 3 heterocycles. The molecule has 3 rings (SSSR count). The fourth-order valence-electron chi connectivity index (χ4n) is 3.48. The van der Waals surface area contributed by atoms with Gasteiger partial charge in [-0.2, -0.15) is 0 Å². The molecule has 4 heteroatoms. The van der Waals surface area contributed by atoms with Crippen molar-refractivity contribution >= 4 is 11.3 Å². The highest BCUT2D eigenvalue weighted by atomic mass is 32.1. The lowest BCUT2D eigenvalue weighted by atomic mass is 9.92. The molecule has 2 saturated heterocycles. The number of rotatable bonds is 6. The normalized spacial score (nSPS) is 22.7. The van der Waals surface area contributed by atoms with Gasteiger partial charge in [0.25, 0.3) is 0 Å². The summed E-state index contributed by atoms with van der Waals surface area (Å²) in [5.41, 5.74) is 0. The van der Waals surface area contributed by atoms with Crippen molar-refractivity contribution in [1.29, 1.82) is 0 Å². The molecular weight excluding hydrogens is 280 g/mol. The van der Waals surface area contributed by atoms with Gasteiger partial charge in [0.1, 0.15) is 0 Å². The molecular formula is C17H28N2OS. The van der Waals surface area contributed by atoms with Gasteiger partial charge in [0.15, 0.2) is 0 Å². The third-order valence-corrected chi connectivity index (χ3v) is 5.72. The first-order valence-corrected chi connectivity index (χ1v) is 9.33. The first-order chi connectivity index (χ1) is 10.4. The molecule has 0 amide bonds. The molecule has 0 atom stereocenters. The van der Waals surface area contributed by atoms with Crippen LogP contribution in [0.4, 0.5) is 0 Å². The highest BCUT2D eigenvalue weighted by Crippen LogP contribution is 2.24. The molecule has 0 bridgehead atoms. The summed E-state index contributed by atoms with van der Waals surface area (Å²) >= 11 is 1.89. The van der Waals surface area contributed by atoms with E-state index in [4.69, 9.17) is 4.74 Å². The second-order valence-electron chi connectivity index (χ2n) is 6.40. The molecule has 2 fully saturated rings. The summed E-state index contributed by atoms with van der Waals surface area (Å²) in [5.74, 6) is 0.964. The van der Waals surface area contributed by atoms with Gasteiger partial charge in [-0.25, -0.2) is 0 Å². The third-order valence-electron chi connectivity index (χ3n) is 4.86. The van der Waals surface area contributed by atoms with Crippen LogP contribution in [0.1, 0.15) is 30.6 Å². The standard InChI is InChI=1S/C17H28N2OS/c1(7-18-10-12-20-13-11-18)3-16-5-8-19(9-6-16)15-17-4-2-14-21-17/h2,4,14,16H,1,3,5-13,15H2. The Labute approximate surface area is 132 Å². The molecule has 0 saturated carbocycles. The van der Waals surface area contributed by atoms with Crippen LogP contribution in [-0.4, -0.2) is 55.7 Å². The molecule has 2 aliphatic heterocycles. The summed E-state index contributed by atoms with van der Waals surface area (Å²) in [6, 6.07) is 4.43. The van der Waals surface area contributed by atoms with Gasteiger partial charge in [0.05, 0.1) is 13.2 Å². The number of morpholine rings is 1. The lowest BCUT2D eigenvalue weighted by Crippen LogP contribution is -2.37. The Morgan fingerprint density at radius 1 is 1.10 bits per heavy atom. The lowest BCUT2D eigenvalue weighted by molar-refractivity contribution is 0.0361. The Bertz CT molecular complexity index is 382. The van der Waals surface area contributed by atoms with Crippen LogP contribution in [0.15, 0.2) is 17.5 Å². The van der Waals surface area contributed by atoms with Crippen LogP contribution in [0.5, 0.6) is 0 Å². The van der Waals surface area contributed by atoms with E-state index in [9.17, 15) is 0 Å². The number of hydrogen-bond acceptors (Lipinski definition) is 4. The second kappa shape index (κ2) is 8.28. The van der Waals surface area contributed by atoms with Crippen molar-refractivity contribution in [2.45, 2.75) is 32.2 Å². The molecule has 21 heavy (non-hydrogen) atoms. The van der Waals surface area contributed by atoms with E-state index in [1.54, 1.807) is 0 Å². The van der Waals surface area contributed by atoms with Crippen molar-refractivity contribution in [1.82, 2.24) is 9.80 Å². The lowest BCUT2D eigenvalue weighted by Gasteiger charge is -2.32. The van der Waals surface area contributed by atoms with Crippen molar-refractivity contribution in [2.75, 3.05) is 45.9 Å². The van der Waals surface area contributed by atoms with Gasteiger partial charge in [-0.15, -0.1) is 11.3 Å². The maximum Gasteiger partial charge on any atom is 0.0594 e. The van der Waals surface area contributed by atoms with Gasteiger partial charge in [-0.05, 0) is 62.7 Å². The molecule has 0 aliphatic carbocycles. The predicted octanol–water partition coefficient (Wildman–Crippen LogP) is 3.07. The molecule has 0 radical (unpaired) electrons. The van der Waals surface area contributed by atoms with E-state index in [-0.39, 0.29) is 0 Å². The van der Waals surface area contributed by atoms with Crippen LogP contribution < -0.4 is 0 Å². The molecule has 3 nitrogen and oxygen atoms in total. The third kappa shape index (κ3) is 5.06. The predicted molar refractivity (Wildman–Crippen MR) is 88.8 cm³/mol. The average Bonchev–Trinajstić information content (AvgIpc) is 3.03. The molecule has 118 valence electrons. The number of ether oxygens (including phenoxy) is 1. The fourth-order valence-corrected chi connectivity index (χ4v) is 4.23. The summed E-state index contributed by atoms with van der Waals surface area (Å²) in [7, 11) is 0. The Morgan fingerprint density at radius 2 is 1.90 bits per heavy atom. The van der Waals surface area contributed by atoms with Crippen LogP contribution in [0.25, 0.3) is 0 Å². The SMILES string of the molecule is c1csc(CN2CCC(CCCN3CCOCC3)CC2)c1. The van der Waals surface area contributed by atoms with Crippen molar-refractivity contribution in [3.63, 3.8) is 0 Å². The van der Waals surface area contributed by atoms with Crippen molar-refractivity contribution in [2.24, 2.45) is 5.92 Å². The fraction of sp³-hybridized carbons (Fsp3) is 0.765. The number of piperidine rings is 1. The Balaban J connectivity index is 1.28. The van der Waals surface area contributed by atoms with E-state index in [2.05, 4.69) is 27.3 Å². The van der Waals surface area contributed by atoms with Crippen LogP contribution >= 0.6 is 11.3 Å². The average molecular weight is 308 g/mol. The molecule has 0 spiro atoms. The zero-order valence-electron chi connectivity index (χ0n) is 13.0. The number of hydrogen-bond donors (Lipinski definition) is 0. The quantitative estimate of drug-likeness (QED) is 0.803. The summed E-state index contributed by atoms with van der Waals surface area (Å²) in [6.45, 7) is 9.16. The molecule has 2 aliphatic rings. The Kier molecular flexibility index (Phi) is 6.10. The summed E-state index contributed by atoms with van der Waals surface area (Å²) < 4.78 is 5.40. The zero-order valence-corrected chi connectivity index (χ0v) is 13.8. The summed E-state index contributed by atoms with van der Waals surface area (Å²) in [4.78, 5) is 6.71. The van der Waals surface area contributed by atoms with Crippen molar-refractivity contribution in [3.05, 3.63) is 22.4 Å². The first kappa shape index (κ1) is 15.5. The maximum atomic E-state index is 5.40. The van der Waals surface area contributed by atoms with E-state index in [0.29, 0.717) is 0 Å². The minimum Gasteiger partial charge on any atom is -0.379 e. The van der Waals surface area contributed by atoms with E-state index in [1.165, 1.54) is 50.2 Å². The van der Waals surface area contributed by atoms with Gasteiger partial charge in [-0.3, -0.25) is 9.80 Å². The van der Waals surface area contributed by atoms with Gasteiger partial charge >= 0.3 is 0 Å². The van der Waals surface area contributed by atoms with Crippen molar-refractivity contribution in [3.8, 4) is 0 Å². The number of nitrogens with zero attached hydrogens (tertiary/aromatic N) is 2. The first-order valence-electron chi connectivity index (χ1n) is 8.45. The molecule has 1 aromatic rings. The van der Waals surface area contributed by atoms with Crippen LogP contribution in [-0.2, 0) is 11.3 Å². The molecule has 0 unspecified atom stereocenters. The minimum absolute atomic E-state index is 0.932. The van der Waals surface area contributed by atoms with E-state index < -0.39 is 0 Å². The topological polar surface area (TPSA) is 15.7 Å². The molecule has 0 N–H and O–H groups in total. The summed E-state index contributed by atoms with van der Waals surface area (Å²) in [6.07, 6.45) is 5.59. The van der Waals surface area contributed by atoms with Crippen LogP contribution in [0, 0.1) is 5.92 Å².